The number of amides is 1. The zero-order valence-electron chi connectivity index (χ0n) is 11.8. The van der Waals surface area contributed by atoms with E-state index in [0.717, 1.165) is 5.56 Å². The van der Waals surface area contributed by atoms with Gasteiger partial charge in [0.05, 0.1) is 11.3 Å². The minimum Gasteiger partial charge on any atom is -0.454 e. The maximum atomic E-state index is 12.1. The van der Waals surface area contributed by atoms with Crippen molar-refractivity contribution in [1.29, 1.82) is 5.26 Å². The van der Waals surface area contributed by atoms with Crippen molar-refractivity contribution in [1.82, 2.24) is 0 Å². The number of anilines is 1. The highest BCUT2D eigenvalue weighted by Gasteiger charge is 2.17. The lowest BCUT2D eigenvalue weighted by atomic mass is 10.1. The molecule has 2 aromatic carbocycles. The summed E-state index contributed by atoms with van der Waals surface area (Å²) in [6.07, 6.45) is 0.854. The maximum absolute atomic E-state index is 12.1. The Morgan fingerprint density at radius 2 is 2.05 bits per heavy atom. The van der Waals surface area contributed by atoms with Crippen LogP contribution in [0.2, 0.25) is 0 Å². The molecule has 0 unspecified atom stereocenters. The van der Waals surface area contributed by atoms with E-state index in [1.54, 1.807) is 24.3 Å². The molecule has 0 fully saturated rings. The summed E-state index contributed by atoms with van der Waals surface area (Å²) in [5, 5.41) is 11.8. The van der Waals surface area contributed by atoms with E-state index in [0.29, 0.717) is 35.6 Å². The molecule has 0 radical (unpaired) electrons. The first-order chi connectivity index (χ1) is 10.8. The van der Waals surface area contributed by atoms with Crippen molar-refractivity contribution in [3.63, 3.8) is 0 Å². The van der Waals surface area contributed by atoms with Gasteiger partial charge in [0.15, 0.2) is 11.5 Å². The summed E-state index contributed by atoms with van der Waals surface area (Å²) in [7, 11) is 0. The van der Waals surface area contributed by atoms with Gasteiger partial charge in [-0.3, -0.25) is 4.79 Å². The number of fused-ring (bicyclic) bond motifs is 1. The van der Waals surface area contributed by atoms with Gasteiger partial charge < -0.3 is 14.8 Å². The van der Waals surface area contributed by atoms with Crippen LogP contribution in [0.3, 0.4) is 0 Å². The third kappa shape index (κ3) is 2.86. The molecule has 1 heterocycles. The Bertz CT molecular complexity index is 750. The summed E-state index contributed by atoms with van der Waals surface area (Å²) in [4.78, 5) is 12.1. The van der Waals surface area contributed by atoms with Crippen LogP contribution >= 0.6 is 0 Å². The van der Waals surface area contributed by atoms with Crippen LogP contribution in [0.1, 0.15) is 17.5 Å². The molecule has 0 saturated heterocycles. The van der Waals surface area contributed by atoms with Crippen LogP contribution in [0.15, 0.2) is 42.5 Å². The number of benzene rings is 2. The summed E-state index contributed by atoms with van der Waals surface area (Å²) in [5.74, 6) is 1.29. The Labute approximate surface area is 128 Å². The van der Waals surface area contributed by atoms with Crippen molar-refractivity contribution >= 4 is 11.6 Å². The largest absolute Gasteiger partial charge is 0.454 e. The average Bonchev–Trinajstić information content (AvgIpc) is 3.02. The van der Waals surface area contributed by atoms with E-state index in [4.69, 9.17) is 14.7 Å². The van der Waals surface area contributed by atoms with Gasteiger partial charge in [-0.2, -0.15) is 5.26 Å². The fraction of sp³-hybridized carbons (Fsp3) is 0.176. The van der Waals surface area contributed by atoms with E-state index in [1.807, 2.05) is 18.2 Å². The molecule has 1 N–H and O–H groups in total. The molecule has 0 bridgehead atoms. The van der Waals surface area contributed by atoms with Gasteiger partial charge in [-0.1, -0.05) is 24.3 Å². The Kier molecular flexibility index (Phi) is 3.92. The first kappa shape index (κ1) is 14.0. The van der Waals surface area contributed by atoms with Crippen molar-refractivity contribution < 1.29 is 14.3 Å². The first-order valence-corrected chi connectivity index (χ1v) is 6.94. The zero-order chi connectivity index (χ0) is 15.4. The molecule has 3 rings (SSSR count). The predicted molar refractivity (Wildman–Crippen MR) is 80.7 cm³/mol. The second kappa shape index (κ2) is 6.19. The van der Waals surface area contributed by atoms with Gasteiger partial charge >= 0.3 is 0 Å². The summed E-state index contributed by atoms with van der Waals surface area (Å²) in [6.45, 7) is 0.216. The fourth-order valence-electron chi connectivity index (χ4n) is 2.34. The molecule has 1 amide bonds. The number of nitriles is 1. The number of nitrogens with one attached hydrogen (secondary N) is 1. The van der Waals surface area contributed by atoms with Crippen LogP contribution < -0.4 is 14.8 Å². The number of ether oxygens (including phenoxy) is 2. The van der Waals surface area contributed by atoms with Gasteiger partial charge in [0, 0.05) is 6.42 Å². The number of rotatable bonds is 4. The molecule has 110 valence electrons. The Balaban J connectivity index is 1.64. The van der Waals surface area contributed by atoms with Gasteiger partial charge in [0.2, 0.25) is 12.7 Å². The molecular weight excluding hydrogens is 280 g/mol. The van der Waals surface area contributed by atoms with Crippen LogP contribution in [-0.2, 0) is 11.2 Å². The Morgan fingerprint density at radius 1 is 1.18 bits per heavy atom. The monoisotopic (exact) mass is 294 g/mol. The summed E-state index contributed by atoms with van der Waals surface area (Å²) in [5.41, 5.74) is 1.93. The predicted octanol–water partition coefficient (Wildman–Crippen LogP) is 2.86. The second-order valence-electron chi connectivity index (χ2n) is 4.86. The van der Waals surface area contributed by atoms with Crippen LogP contribution in [0, 0.1) is 11.3 Å². The molecule has 5 nitrogen and oxygen atoms in total. The number of para-hydroxylation sites is 2. The Morgan fingerprint density at radius 3 is 2.91 bits per heavy atom. The number of hydrogen-bond donors (Lipinski definition) is 1. The molecule has 0 saturated carbocycles. The zero-order valence-corrected chi connectivity index (χ0v) is 11.8. The lowest BCUT2D eigenvalue weighted by molar-refractivity contribution is -0.116. The van der Waals surface area contributed by atoms with Gasteiger partial charge in [0.25, 0.3) is 0 Å². The molecule has 1 aliphatic heterocycles. The Hall–Kier alpha value is -3.00. The van der Waals surface area contributed by atoms with Crippen LogP contribution in [0.5, 0.6) is 11.5 Å². The summed E-state index contributed by atoms with van der Waals surface area (Å²) < 4.78 is 10.7. The molecule has 0 atom stereocenters. The maximum Gasteiger partial charge on any atom is 0.231 e. The number of hydrogen-bond acceptors (Lipinski definition) is 4. The molecule has 0 spiro atoms. The number of nitrogens with zero attached hydrogens (tertiary/aromatic N) is 1. The van der Waals surface area contributed by atoms with Crippen LogP contribution in [-0.4, -0.2) is 12.7 Å². The van der Waals surface area contributed by atoms with Gasteiger partial charge in [-0.25, -0.2) is 0 Å². The van der Waals surface area contributed by atoms with Crippen molar-refractivity contribution in [2.75, 3.05) is 12.1 Å². The SMILES string of the molecule is N#Cc1ccccc1NC(=O)CCc1cccc2c1OCO2. The minimum atomic E-state index is -0.140. The topological polar surface area (TPSA) is 71.4 Å². The normalized spacial score (nSPS) is 11.8. The lowest BCUT2D eigenvalue weighted by Crippen LogP contribution is -2.13. The molecule has 2 aromatic rings. The quantitative estimate of drug-likeness (QED) is 0.941. The molecule has 22 heavy (non-hydrogen) atoms. The number of aryl methyl sites for hydroxylation is 1. The highest BCUT2D eigenvalue weighted by atomic mass is 16.7. The third-order valence-electron chi connectivity index (χ3n) is 3.42. The van der Waals surface area contributed by atoms with Crippen molar-refractivity contribution in [3.8, 4) is 17.6 Å². The van der Waals surface area contributed by atoms with Crippen LogP contribution in [0.4, 0.5) is 5.69 Å². The van der Waals surface area contributed by atoms with E-state index in [-0.39, 0.29) is 12.7 Å². The number of carbonyl (C=O) groups excluding carboxylic acids is 1. The fourth-order valence-corrected chi connectivity index (χ4v) is 2.34. The van der Waals surface area contributed by atoms with E-state index < -0.39 is 0 Å². The van der Waals surface area contributed by atoms with E-state index >= 15 is 0 Å². The minimum absolute atomic E-state index is 0.140. The summed E-state index contributed by atoms with van der Waals surface area (Å²) >= 11 is 0. The van der Waals surface area contributed by atoms with Gasteiger partial charge in [-0.15, -0.1) is 0 Å². The highest BCUT2D eigenvalue weighted by Crippen LogP contribution is 2.35. The smallest absolute Gasteiger partial charge is 0.231 e. The van der Waals surface area contributed by atoms with E-state index in [1.165, 1.54) is 0 Å². The molecular formula is C17H14N2O3. The van der Waals surface area contributed by atoms with Crippen molar-refractivity contribution in [3.05, 3.63) is 53.6 Å². The van der Waals surface area contributed by atoms with Crippen molar-refractivity contribution in [2.24, 2.45) is 0 Å². The molecule has 0 aromatic heterocycles. The van der Waals surface area contributed by atoms with Crippen molar-refractivity contribution in [2.45, 2.75) is 12.8 Å². The van der Waals surface area contributed by atoms with Crippen LogP contribution in [0.25, 0.3) is 0 Å². The number of carbonyl (C=O) groups is 1. The molecule has 0 aliphatic carbocycles. The summed E-state index contributed by atoms with van der Waals surface area (Å²) in [6, 6.07) is 14.6. The first-order valence-electron chi connectivity index (χ1n) is 6.94. The van der Waals surface area contributed by atoms with Gasteiger partial charge in [0.1, 0.15) is 6.07 Å². The highest BCUT2D eigenvalue weighted by molar-refractivity contribution is 5.92. The van der Waals surface area contributed by atoms with Gasteiger partial charge in [-0.05, 0) is 30.2 Å². The molecule has 1 aliphatic rings. The second-order valence-corrected chi connectivity index (χ2v) is 4.86. The third-order valence-corrected chi connectivity index (χ3v) is 3.42. The molecule has 5 heteroatoms. The lowest BCUT2D eigenvalue weighted by Gasteiger charge is -2.08. The standard InChI is InChI=1S/C17H14N2O3/c18-10-13-4-1-2-6-14(13)19-16(20)9-8-12-5-3-7-15-17(12)22-11-21-15/h1-7H,8-9,11H2,(H,19,20). The average molecular weight is 294 g/mol. The van der Waals surface area contributed by atoms with E-state index in [2.05, 4.69) is 11.4 Å². The van der Waals surface area contributed by atoms with E-state index in [9.17, 15) is 4.79 Å².